The van der Waals surface area contributed by atoms with Gasteiger partial charge < -0.3 is 5.32 Å². The minimum absolute atomic E-state index is 0.362. The summed E-state index contributed by atoms with van der Waals surface area (Å²) in [6.45, 7) is 0.612. The Bertz CT molecular complexity index is 764. The van der Waals surface area contributed by atoms with Gasteiger partial charge in [-0.1, -0.05) is 24.1 Å². The van der Waals surface area contributed by atoms with Crippen LogP contribution in [0.4, 0.5) is 5.69 Å². The second-order valence-electron chi connectivity index (χ2n) is 4.28. The normalized spacial score (nSPS) is 11.2. The Kier molecular flexibility index (Phi) is 4.23. The molecule has 0 unspecified atom stereocenters. The molecule has 2 aromatic rings. The van der Waals surface area contributed by atoms with Crippen LogP contribution in [0, 0.1) is 12.3 Å². The molecule has 0 aliphatic carbocycles. The minimum Gasteiger partial charge on any atom is -0.314 e. The molecule has 0 aliphatic rings. The lowest BCUT2D eigenvalue weighted by Gasteiger charge is -2.09. The Balaban J connectivity index is 2.48. The van der Waals surface area contributed by atoms with Crippen LogP contribution in [0.15, 0.2) is 30.3 Å². The van der Waals surface area contributed by atoms with Crippen molar-refractivity contribution < 1.29 is 8.42 Å². The van der Waals surface area contributed by atoms with Crippen molar-refractivity contribution in [2.45, 2.75) is 6.54 Å². The fourth-order valence-corrected chi connectivity index (χ4v) is 2.65. The maximum absolute atomic E-state index is 11.8. The summed E-state index contributed by atoms with van der Waals surface area (Å²) in [5.41, 5.74) is 1.89. The van der Waals surface area contributed by atoms with Gasteiger partial charge >= 0.3 is 0 Å². The summed E-state index contributed by atoms with van der Waals surface area (Å²) in [7, 11) is -1.72. The summed E-state index contributed by atoms with van der Waals surface area (Å²) in [6.07, 6.45) is 5.05. The predicted octanol–water partition coefficient (Wildman–Crippen LogP) is 1.33. The van der Waals surface area contributed by atoms with Gasteiger partial charge in [-0.2, -0.15) is 0 Å². The van der Waals surface area contributed by atoms with Gasteiger partial charge in [-0.3, -0.25) is 4.72 Å². The van der Waals surface area contributed by atoms with Crippen LogP contribution in [0.25, 0.3) is 10.9 Å². The lowest BCUT2D eigenvalue weighted by molar-refractivity contribution is 0.604. The van der Waals surface area contributed by atoms with Gasteiger partial charge in [0.1, 0.15) is 5.75 Å². The first-order valence-electron chi connectivity index (χ1n) is 6.03. The lowest BCUT2D eigenvalue weighted by Crippen LogP contribution is -2.16. The van der Waals surface area contributed by atoms with E-state index in [0.717, 1.165) is 11.1 Å². The highest BCUT2D eigenvalue weighted by Crippen LogP contribution is 2.22. The fraction of sp³-hybridized carbons (Fsp3) is 0.214. The van der Waals surface area contributed by atoms with Gasteiger partial charge in [-0.25, -0.2) is 13.4 Å². The van der Waals surface area contributed by atoms with E-state index in [0.29, 0.717) is 17.7 Å². The van der Waals surface area contributed by atoms with Crippen molar-refractivity contribution >= 4 is 26.6 Å². The van der Waals surface area contributed by atoms with E-state index in [9.17, 15) is 8.42 Å². The zero-order chi connectivity index (χ0) is 14.6. The number of anilines is 1. The van der Waals surface area contributed by atoms with Crippen LogP contribution in [0.1, 0.15) is 5.69 Å². The third-order valence-corrected chi connectivity index (χ3v) is 3.75. The quantitative estimate of drug-likeness (QED) is 0.815. The topological polar surface area (TPSA) is 71.1 Å². The summed E-state index contributed by atoms with van der Waals surface area (Å²) < 4.78 is 26.0. The number of fused-ring (bicyclic) bond motifs is 1. The van der Waals surface area contributed by atoms with E-state index in [-0.39, 0.29) is 5.75 Å². The number of rotatable bonds is 5. The van der Waals surface area contributed by atoms with Gasteiger partial charge in [-0.05, 0) is 19.2 Å². The van der Waals surface area contributed by atoms with E-state index in [4.69, 9.17) is 6.42 Å². The van der Waals surface area contributed by atoms with Gasteiger partial charge in [-0.15, -0.1) is 6.42 Å². The number of terminal acetylenes is 1. The van der Waals surface area contributed by atoms with Crippen molar-refractivity contribution in [3.8, 4) is 12.3 Å². The molecule has 0 fully saturated rings. The van der Waals surface area contributed by atoms with E-state index in [1.807, 2.05) is 25.2 Å². The van der Waals surface area contributed by atoms with Crippen LogP contribution in [-0.4, -0.2) is 26.2 Å². The van der Waals surface area contributed by atoms with Gasteiger partial charge in [0.05, 0.1) is 16.9 Å². The van der Waals surface area contributed by atoms with Crippen LogP contribution >= 0.6 is 0 Å². The van der Waals surface area contributed by atoms with Crippen molar-refractivity contribution in [1.29, 1.82) is 0 Å². The molecule has 0 saturated carbocycles. The Morgan fingerprint density at radius 3 is 2.80 bits per heavy atom. The van der Waals surface area contributed by atoms with E-state index >= 15 is 0 Å². The predicted molar refractivity (Wildman–Crippen MR) is 80.7 cm³/mol. The van der Waals surface area contributed by atoms with Crippen molar-refractivity contribution in [2.75, 3.05) is 17.5 Å². The van der Waals surface area contributed by atoms with Crippen LogP contribution in [-0.2, 0) is 16.6 Å². The third kappa shape index (κ3) is 3.26. The number of aromatic nitrogens is 1. The molecule has 0 amide bonds. The largest absolute Gasteiger partial charge is 0.314 e. The summed E-state index contributed by atoms with van der Waals surface area (Å²) >= 11 is 0. The molecule has 0 radical (unpaired) electrons. The molecular formula is C14H15N3O2S. The first kappa shape index (κ1) is 14.3. The lowest BCUT2D eigenvalue weighted by atomic mass is 10.2. The monoisotopic (exact) mass is 289 g/mol. The molecule has 0 aliphatic heterocycles. The van der Waals surface area contributed by atoms with Crippen molar-refractivity contribution in [2.24, 2.45) is 0 Å². The summed E-state index contributed by atoms with van der Waals surface area (Å²) in [4.78, 5) is 4.47. The molecule has 1 aromatic heterocycles. The van der Waals surface area contributed by atoms with Crippen molar-refractivity contribution in [3.63, 3.8) is 0 Å². The van der Waals surface area contributed by atoms with Crippen molar-refractivity contribution in [3.05, 3.63) is 36.0 Å². The average molecular weight is 289 g/mol. The van der Waals surface area contributed by atoms with Crippen LogP contribution in [0.5, 0.6) is 0 Å². The molecule has 0 saturated heterocycles. The molecule has 6 heteroatoms. The zero-order valence-electron chi connectivity index (χ0n) is 11.1. The number of nitrogens with zero attached hydrogens (tertiary/aromatic N) is 1. The standard InChI is InChI=1S/C14H15N3O2S/c1-3-9-20(18,19)17-13-6-4-5-11-7-8-12(10-15-2)16-14(11)13/h1,4-8,15,17H,9-10H2,2H3. The smallest absolute Gasteiger partial charge is 0.244 e. The highest BCUT2D eigenvalue weighted by atomic mass is 32.2. The van der Waals surface area contributed by atoms with Gasteiger partial charge in [0.15, 0.2) is 0 Å². The van der Waals surface area contributed by atoms with Gasteiger partial charge in [0.2, 0.25) is 10.0 Å². The van der Waals surface area contributed by atoms with E-state index in [1.165, 1.54) is 0 Å². The number of hydrogen-bond acceptors (Lipinski definition) is 4. The number of hydrogen-bond donors (Lipinski definition) is 2. The second kappa shape index (κ2) is 5.90. The Morgan fingerprint density at radius 1 is 1.30 bits per heavy atom. The Hall–Kier alpha value is -2.10. The van der Waals surface area contributed by atoms with Crippen LogP contribution in [0.3, 0.4) is 0 Å². The first-order chi connectivity index (χ1) is 9.55. The highest BCUT2D eigenvalue weighted by Gasteiger charge is 2.11. The number of para-hydroxylation sites is 1. The van der Waals surface area contributed by atoms with E-state index < -0.39 is 10.0 Å². The SMILES string of the molecule is C#CCS(=O)(=O)Nc1cccc2ccc(CNC)nc12. The zero-order valence-corrected chi connectivity index (χ0v) is 11.9. The second-order valence-corrected chi connectivity index (χ2v) is 6.00. The summed E-state index contributed by atoms with van der Waals surface area (Å²) in [6, 6.07) is 9.14. The molecule has 0 atom stereocenters. The molecule has 2 rings (SSSR count). The average Bonchev–Trinajstić information content (AvgIpc) is 2.39. The Labute approximate surface area is 118 Å². The molecule has 1 heterocycles. The molecule has 2 N–H and O–H groups in total. The number of benzene rings is 1. The van der Waals surface area contributed by atoms with Crippen molar-refractivity contribution in [1.82, 2.24) is 10.3 Å². The van der Waals surface area contributed by atoms with Crippen LogP contribution < -0.4 is 10.0 Å². The maximum atomic E-state index is 11.8. The minimum atomic E-state index is -3.54. The maximum Gasteiger partial charge on any atom is 0.244 e. The molecule has 20 heavy (non-hydrogen) atoms. The van der Waals surface area contributed by atoms with E-state index in [1.54, 1.807) is 12.1 Å². The molecule has 5 nitrogen and oxygen atoms in total. The molecule has 0 bridgehead atoms. The first-order valence-corrected chi connectivity index (χ1v) is 7.68. The Morgan fingerprint density at radius 2 is 2.10 bits per heavy atom. The number of pyridine rings is 1. The summed E-state index contributed by atoms with van der Waals surface area (Å²) in [5, 5.41) is 3.88. The van der Waals surface area contributed by atoms with Crippen LogP contribution in [0.2, 0.25) is 0 Å². The molecule has 1 aromatic carbocycles. The molecule has 104 valence electrons. The third-order valence-electron chi connectivity index (χ3n) is 2.67. The fourth-order valence-electron chi connectivity index (χ4n) is 1.86. The number of sulfonamides is 1. The highest BCUT2D eigenvalue weighted by molar-refractivity contribution is 7.92. The molecule has 0 spiro atoms. The molecular weight excluding hydrogens is 274 g/mol. The van der Waals surface area contributed by atoms with Gasteiger partial charge in [0.25, 0.3) is 0 Å². The number of nitrogens with one attached hydrogen (secondary N) is 2. The van der Waals surface area contributed by atoms with E-state index in [2.05, 4.69) is 20.9 Å². The van der Waals surface area contributed by atoms with Gasteiger partial charge in [0, 0.05) is 11.9 Å². The summed E-state index contributed by atoms with van der Waals surface area (Å²) in [5.74, 6) is 1.77.